The Labute approximate surface area is 129 Å². The van der Waals surface area contributed by atoms with Crippen LogP contribution in [-0.4, -0.2) is 35.5 Å². The molecule has 0 bridgehead atoms. The molecule has 1 N–H and O–H groups in total. The van der Waals surface area contributed by atoms with E-state index >= 15 is 0 Å². The van der Waals surface area contributed by atoms with Crippen molar-refractivity contribution in [2.24, 2.45) is 11.8 Å². The second-order valence-corrected chi connectivity index (χ2v) is 6.06. The van der Waals surface area contributed by atoms with Gasteiger partial charge in [0.25, 0.3) is 0 Å². The van der Waals surface area contributed by atoms with Crippen molar-refractivity contribution >= 4 is 11.9 Å². The van der Waals surface area contributed by atoms with Crippen molar-refractivity contribution in [3.8, 4) is 0 Å². The van der Waals surface area contributed by atoms with Crippen LogP contribution in [0.25, 0.3) is 0 Å². The van der Waals surface area contributed by atoms with E-state index in [0.29, 0.717) is 26.0 Å². The lowest BCUT2D eigenvalue weighted by molar-refractivity contribution is -0.157. The third-order valence-electron chi connectivity index (χ3n) is 4.74. The number of nitrogens with zero attached hydrogens (tertiary/aromatic N) is 1. The molecule has 1 aromatic rings. The lowest BCUT2D eigenvalue weighted by atomic mass is 9.73. The van der Waals surface area contributed by atoms with Gasteiger partial charge in [0, 0.05) is 13.7 Å². The van der Waals surface area contributed by atoms with Gasteiger partial charge in [-0.2, -0.15) is 0 Å². The molecule has 1 aromatic heterocycles. The van der Waals surface area contributed by atoms with Crippen LogP contribution in [0.15, 0.2) is 16.5 Å². The molecule has 0 spiro atoms. The molecule has 1 aliphatic heterocycles. The molecule has 22 heavy (non-hydrogen) atoms. The van der Waals surface area contributed by atoms with Crippen LogP contribution in [0.3, 0.4) is 0 Å². The highest BCUT2D eigenvalue weighted by molar-refractivity contribution is 5.86. The number of carbonyl (C=O) groups is 2. The molecule has 1 saturated carbocycles. The lowest BCUT2D eigenvalue weighted by Gasteiger charge is -2.36. The molecule has 3 rings (SSSR count). The van der Waals surface area contributed by atoms with Crippen LogP contribution in [0, 0.1) is 11.8 Å². The van der Waals surface area contributed by atoms with Crippen LogP contribution >= 0.6 is 0 Å². The third kappa shape index (κ3) is 2.63. The zero-order chi connectivity index (χ0) is 15.7. The molecule has 3 atom stereocenters. The standard InChI is InChI=1S/C16H21NO5/c1-21-9-10-4-7-14(22-10)13-3-2-8-17(13)15(18)11-5-6-12(11)16(19)20/h4,7,11-13H,2-3,5-6,8-9H2,1H3,(H,19,20). The van der Waals surface area contributed by atoms with Crippen molar-refractivity contribution in [2.45, 2.75) is 38.3 Å². The van der Waals surface area contributed by atoms with Gasteiger partial charge in [-0.1, -0.05) is 0 Å². The van der Waals surface area contributed by atoms with E-state index in [9.17, 15) is 9.59 Å². The number of hydrogen-bond acceptors (Lipinski definition) is 4. The summed E-state index contributed by atoms with van der Waals surface area (Å²) in [7, 11) is 1.61. The number of aliphatic carboxylic acids is 1. The van der Waals surface area contributed by atoms with Crippen LogP contribution in [0.5, 0.6) is 0 Å². The minimum Gasteiger partial charge on any atom is -0.481 e. The Balaban J connectivity index is 1.72. The minimum absolute atomic E-state index is 0.0363. The largest absolute Gasteiger partial charge is 0.481 e. The first-order valence-corrected chi connectivity index (χ1v) is 7.72. The SMILES string of the molecule is COCc1ccc(C2CCCN2C(=O)C2CCC2C(=O)O)o1. The first-order valence-electron chi connectivity index (χ1n) is 7.72. The van der Waals surface area contributed by atoms with Gasteiger partial charge in [-0.25, -0.2) is 0 Å². The molecule has 0 radical (unpaired) electrons. The molecule has 3 unspecified atom stereocenters. The summed E-state index contributed by atoms with van der Waals surface area (Å²) in [5.74, 6) is -0.277. The van der Waals surface area contributed by atoms with Crippen molar-refractivity contribution in [1.29, 1.82) is 0 Å². The topological polar surface area (TPSA) is 80.0 Å². The van der Waals surface area contributed by atoms with Gasteiger partial charge < -0.3 is 19.2 Å². The second-order valence-electron chi connectivity index (χ2n) is 6.06. The van der Waals surface area contributed by atoms with Gasteiger partial charge in [0.2, 0.25) is 5.91 Å². The molecule has 1 amide bonds. The number of rotatable bonds is 5. The van der Waals surface area contributed by atoms with E-state index in [1.807, 2.05) is 12.1 Å². The molecule has 6 nitrogen and oxygen atoms in total. The summed E-state index contributed by atoms with van der Waals surface area (Å²) in [6, 6.07) is 3.68. The normalized spacial score (nSPS) is 27.7. The molecule has 2 heterocycles. The van der Waals surface area contributed by atoms with Crippen LogP contribution in [0.4, 0.5) is 0 Å². The number of carbonyl (C=O) groups excluding carboxylic acids is 1. The second kappa shape index (κ2) is 6.12. The number of hydrogen-bond donors (Lipinski definition) is 1. The molecular weight excluding hydrogens is 286 g/mol. The van der Waals surface area contributed by atoms with Crippen molar-refractivity contribution in [3.63, 3.8) is 0 Å². The number of likely N-dealkylation sites (tertiary alicyclic amines) is 1. The maximum absolute atomic E-state index is 12.7. The lowest BCUT2D eigenvalue weighted by Crippen LogP contribution is -2.45. The fourth-order valence-corrected chi connectivity index (χ4v) is 3.42. The maximum atomic E-state index is 12.7. The van der Waals surface area contributed by atoms with E-state index in [4.69, 9.17) is 14.3 Å². The van der Waals surface area contributed by atoms with Gasteiger partial charge in [-0.3, -0.25) is 9.59 Å². The van der Waals surface area contributed by atoms with Crippen molar-refractivity contribution in [2.75, 3.05) is 13.7 Å². The van der Waals surface area contributed by atoms with Crippen LogP contribution < -0.4 is 0 Å². The van der Waals surface area contributed by atoms with E-state index in [-0.39, 0.29) is 17.9 Å². The van der Waals surface area contributed by atoms with Gasteiger partial charge in [0.1, 0.15) is 18.1 Å². The van der Waals surface area contributed by atoms with Crippen LogP contribution in [0.1, 0.15) is 43.2 Å². The van der Waals surface area contributed by atoms with Gasteiger partial charge in [0.15, 0.2) is 0 Å². The Hall–Kier alpha value is -1.82. The summed E-state index contributed by atoms with van der Waals surface area (Å²) in [5, 5.41) is 9.14. The molecule has 2 fully saturated rings. The summed E-state index contributed by atoms with van der Waals surface area (Å²) in [6.07, 6.45) is 3.05. The summed E-state index contributed by atoms with van der Waals surface area (Å²) in [6.45, 7) is 1.08. The number of methoxy groups -OCH3 is 1. The highest BCUT2D eigenvalue weighted by atomic mass is 16.5. The van der Waals surface area contributed by atoms with Crippen LogP contribution in [-0.2, 0) is 20.9 Å². The molecule has 6 heteroatoms. The first kappa shape index (κ1) is 15.1. The molecule has 1 saturated heterocycles. The summed E-state index contributed by atoms with van der Waals surface area (Å²) >= 11 is 0. The average Bonchev–Trinajstić information content (AvgIpc) is 3.04. The smallest absolute Gasteiger partial charge is 0.307 e. The molecule has 1 aliphatic carbocycles. The van der Waals surface area contributed by atoms with Crippen LogP contribution in [0.2, 0.25) is 0 Å². The van der Waals surface area contributed by atoms with E-state index in [2.05, 4.69) is 0 Å². The zero-order valence-electron chi connectivity index (χ0n) is 12.7. The first-order chi connectivity index (χ1) is 10.6. The van der Waals surface area contributed by atoms with Gasteiger partial charge >= 0.3 is 5.97 Å². The number of furan rings is 1. The van der Waals surface area contributed by atoms with Crippen molar-refractivity contribution in [3.05, 3.63) is 23.7 Å². The fourth-order valence-electron chi connectivity index (χ4n) is 3.42. The Kier molecular flexibility index (Phi) is 4.20. The number of carboxylic acid groups (broad SMARTS) is 1. The monoisotopic (exact) mass is 307 g/mol. The minimum atomic E-state index is -0.860. The predicted octanol–water partition coefficient (Wildman–Crippen LogP) is 2.20. The average molecular weight is 307 g/mol. The van der Waals surface area contributed by atoms with Gasteiger partial charge in [-0.05, 0) is 37.8 Å². The maximum Gasteiger partial charge on any atom is 0.307 e. The number of carboxylic acids is 1. The summed E-state index contributed by atoms with van der Waals surface area (Å²) in [4.78, 5) is 25.6. The predicted molar refractivity (Wildman–Crippen MR) is 77.0 cm³/mol. The van der Waals surface area contributed by atoms with E-state index < -0.39 is 11.9 Å². The Bertz CT molecular complexity index is 567. The summed E-state index contributed by atoms with van der Waals surface area (Å²) < 4.78 is 10.8. The molecular formula is C16H21NO5. The van der Waals surface area contributed by atoms with E-state index in [1.165, 1.54) is 0 Å². The molecule has 0 aromatic carbocycles. The molecule has 2 aliphatic rings. The third-order valence-corrected chi connectivity index (χ3v) is 4.74. The number of amides is 1. The van der Waals surface area contributed by atoms with E-state index in [1.54, 1.807) is 12.0 Å². The fraction of sp³-hybridized carbons (Fsp3) is 0.625. The highest BCUT2D eigenvalue weighted by Gasteiger charge is 2.45. The number of ether oxygens (including phenoxy) is 1. The highest BCUT2D eigenvalue weighted by Crippen LogP contribution is 2.40. The molecule has 120 valence electrons. The quantitative estimate of drug-likeness (QED) is 0.902. The van der Waals surface area contributed by atoms with Gasteiger partial charge in [-0.15, -0.1) is 0 Å². The Morgan fingerprint density at radius 3 is 2.73 bits per heavy atom. The zero-order valence-corrected chi connectivity index (χ0v) is 12.7. The van der Waals surface area contributed by atoms with E-state index in [0.717, 1.165) is 24.4 Å². The summed E-state index contributed by atoms with van der Waals surface area (Å²) in [5.41, 5.74) is 0. The Morgan fingerprint density at radius 2 is 2.09 bits per heavy atom. The van der Waals surface area contributed by atoms with Crippen molar-refractivity contribution < 1.29 is 23.8 Å². The Morgan fingerprint density at radius 1 is 1.32 bits per heavy atom. The van der Waals surface area contributed by atoms with Crippen molar-refractivity contribution in [1.82, 2.24) is 4.90 Å². The van der Waals surface area contributed by atoms with Gasteiger partial charge in [0.05, 0.1) is 17.9 Å².